The summed E-state index contributed by atoms with van der Waals surface area (Å²) in [4.78, 5) is 11.7. The van der Waals surface area contributed by atoms with Gasteiger partial charge in [0.25, 0.3) is 0 Å². The van der Waals surface area contributed by atoms with Gasteiger partial charge in [0.2, 0.25) is 5.91 Å². The van der Waals surface area contributed by atoms with Crippen LogP contribution in [0, 0.1) is 5.82 Å². The van der Waals surface area contributed by atoms with E-state index in [9.17, 15) is 9.18 Å². The average Bonchev–Trinajstić information content (AvgIpc) is 2.55. The van der Waals surface area contributed by atoms with Gasteiger partial charge in [0.15, 0.2) is 11.5 Å². The summed E-state index contributed by atoms with van der Waals surface area (Å²) in [5, 5.41) is 2.76. The van der Waals surface area contributed by atoms with Crippen LogP contribution in [0.25, 0.3) is 0 Å². The number of benzene rings is 2. The Morgan fingerprint density at radius 1 is 1.09 bits per heavy atom. The van der Waals surface area contributed by atoms with Crippen molar-refractivity contribution in [2.45, 2.75) is 13.0 Å². The minimum Gasteiger partial charge on any atom is -0.493 e. The van der Waals surface area contributed by atoms with Gasteiger partial charge >= 0.3 is 0 Å². The highest BCUT2D eigenvalue weighted by molar-refractivity contribution is 5.76. The number of carbonyl (C=O) groups is 1. The Morgan fingerprint density at radius 2 is 1.77 bits per heavy atom. The lowest BCUT2D eigenvalue weighted by molar-refractivity contribution is -0.121. The molecular formula is C17H18FNO3. The normalized spacial score (nSPS) is 10.1. The van der Waals surface area contributed by atoms with Crippen LogP contribution in [-0.2, 0) is 11.3 Å². The third kappa shape index (κ3) is 4.77. The number of rotatable bonds is 7. The maximum absolute atomic E-state index is 12.8. The molecular weight excluding hydrogens is 285 g/mol. The fourth-order valence-corrected chi connectivity index (χ4v) is 1.88. The predicted octanol–water partition coefficient (Wildman–Crippen LogP) is 2.92. The molecule has 0 unspecified atom stereocenters. The van der Waals surface area contributed by atoms with E-state index in [2.05, 4.69) is 5.32 Å². The smallest absolute Gasteiger partial charge is 0.223 e. The Hall–Kier alpha value is -2.56. The summed E-state index contributed by atoms with van der Waals surface area (Å²) in [5.41, 5.74) is 0.848. The van der Waals surface area contributed by atoms with Crippen LogP contribution in [0.1, 0.15) is 12.0 Å². The Bertz CT molecular complexity index is 614. The second-order valence-electron chi connectivity index (χ2n) is 4.65. The molecule has 0 aromatic heterocycles. The third-order valence-electron chi connectivity index (χ3n) is 3.06. The van der Waals surface area contributed by atoms with Gasteiger partial charge in [-0.15, -0.1) is 0 Å². The van der Waals surface area contributed by atoms with Gasteiger partial charge in [-0.3, -0.25) is 4.79 Å². The van der Waals surface area contributed by atoms with E-state index >= 15 is 0 Å². The highest BCUT2D eigenvalue weighted by Gasteiger charge is 2.05. The molecule has 0 atom stereocenters. The maximum atomic E-state index is 12.8. The number of ether oxygens (including phenoxy) is 2. The van der Waals surface area contributed by atoms with Crippen LogP contribution in [0.4, 0.5) is 4.39 Å². The SMILES string of the molecule is COc1ccccc1OCCC(=O)NCc1ccc(F)cc1. The summed E-state index contributed by atoms with van der Waals surface area (Å²) in [5.74, 6) is 0.824. The zero-order chi connectivity index (χ0) is 15.8. The number of nitrogens with one attached hydrogen (secondary N) is 1. The molecule has 2 rings (SSSR count). The van der Waals surface area contributed by atoms with Gasteiger partial charge in [0, 0.05) is 6.54 Å². The van der Waals surface area contributed by atoms with Crippen LogP contribution in [-0.4, -0.2) is 19.6 Å². The Morgan fingerprint density at radius 3 is 2.45 bits per heavy atom. The number of para-hydroxylation sites is 2. The molecule has 0 aliphatic carbocycles. The van der Waals surface area contributed by atoms with E-state index in [0.717, 1.165) is 5.56 Å². The second-order valence-corrected chi connectivity index (χ2v) is 4.65. The van der Waals surface area contributed by atoms with E-state index in [4.69, 9.17) is 9.47 Å². The Kier molecular flexibility index (Phi) is 5.77. The summed E-state index contributed by atoms with van der Waals surface area (Å²) in [6.07, 6.45) is 0.235. The predicted molar refractivity (Wildman–Crippen MR) is 81.4 cm³/mol. The summed E-state index contributed by atoms with van der Waals surface area (Å²) >= 11 is 0. The largest absolute Gasteiger partial charge is 0.493 e. The third-order valence-corrected chi connectivity index (χ3v) is 3.06. The van der Waals surface area contributed by atoms with Crippen LogP contribution in [0.5, 0.6) is 11.5 Å². The van der Waals surface area contributed by atoms with Crippen molar-refractivity contribution in [3.63, 3.8) is 0 Å². The average molecular weight is 303 g/mol. The molecule has 2 aromatic rings. The molecule has 1 amide bonds. The first-order chi connectivity index (χ1) is 10.7. The second kappa shape index (κ2) is 8.02. The first-order valence-corrected chi connectivity index (χ1v) is 6.96. The lowest BCUT2D eigenvalue weighted by Gasteiger charge is -2.10. The number of amides is 1. The number of halogens is 1. The van der Waals surface area contributed by atoms with Crippen molar-refractivity contribution in [3.8, 4) is 11.5 Å². The molecule has 0 heterocycles. The van der Waals surface area contributed by atoms with Crippen molar-refractivity contribution in [2.75, 3.05) is 13.7 Å². The van der Waals surface area contributed by atoms with E-state index in [1.165, 1.54) is 12.1 Å². The summed E-state index contributed by atoms with van der Waals surface area (Å²) in [6.45, 7) is 0.628. The first kappa shape index (κ1) is 15.8. The van der Waals surface area contributed by atoms with Crippen molar-refractivity contribution >= 4 is 5.91 Å². The molecule has 0 saturated heterocycles. The lowest BCUT2D eigenvalue weighted by Crippen LogP contribution is -2.24. The monoisotopic (exact) mass is 303 g/mol. The standard InChI is InChI=1S/C17H18FNO3/c1-21-15-4-2-3-5-16(15)22-11-10-17(20)19-12-13-6-8-14(18)9-7-13/h2-9H,10-12H2,1H3,(H,19,20). The van der Waals surface area contributed by atoms with Gasteiger partial charge in [-0.1, -0.05) is 24.3 Å². The minimum atomic E-state index is -0.291. The molecule has 22 heavy (non-hydrogen) atoms. The van der Waals surface area contributed by atoms with Crippen molar-refractivity contribution in [3.05, 3.63) is 59.9 Å². The lowest BCUT2D eigenvalue weighted by atomic mass is 10.2. The molecule has 1 N–H and O–H groups in total. The van der Waals surface area contributed by atoms with Gasteiger partial charge in [-0.05, 0) is 29.8 Å². The molecule has 116 valence electrons. The summed E-state index contributed by atoms with van der Waals surface area (Å²) in [7, 11) is 1.57. The molecule has 5 heteroatoms. The Balaban J connectivity index is 1.72. The number of carbonyl (C=O) groups excluding carboxylic acids is 1. The quantitative estimate of drug-likeness (QED) is 0.855. The fraction of sp³-hybridized carbons (Fsp3) is 0.235. The van der Waals surface area contributed by atoms with Crippen LogP contribution >= 0.6 is 0 Å². The zero-order valence-corrected chi connectivity index (χ0v) is 12.3. The Labute approximate surface area is 128 Å². The molecule has 0 radical (unpaired) electrons. The number of methoxy groups -OCH3 is 1. The highest BCUT2D eigenvalue weighted by atomic mass is 19.1. The van der Waals surface area contributed by atoms with E-state index in [1.807, 2.05) is 12.1 Å². The maximum Gasteiger partial charge on any atom is 0.223 e. The first-order valence-electron chi connectivity index (χ1n) is 6.96. The molecule has 2 aromatic carbocycles. The van der Waals surface area contributed by atoms with Gasteiger partial charge in [-0.25, -0.2) is 4.39 Å². The topological polar surface area (TPSA) is 47.6 Å². The number of hydrogen-bond donors (Lipinski definition) is 1. The van der Waals surface area contributed by atoms with Gasteiger partial charge in [-0.2, -0.15) is 0 Å². The molecule has 0 aliphatic rings. The fourth-order valence-electron chi connectivity index (χ4n) is 1.88. The molecule has 0 fully saturated rings. The van der Waals surface area contributed by atoms with E-state index in [0.29, 0.717) is 18.0 Å². The van der Waals surface area contributed by atoms with E-state index < -0.39 is 0 Å². The zero-order valence-electron chi connectivity index (χ0n) is 12.3. The molecule has 0 saturated carbocycles. The molecule has 0 spiro atoms. The van der Waals surface area contributed by atoms with E-state index in [1.54, 1.807) is 31.4 Å². The molecule has 0 bridgehead atoms. The van der Waals surface area contributed by atoms with Crippen molar-refractivity contribution < 1.29 is 18.7 Å². The summed E-state index contributed by atoms with van der Waals surface area (Å²) < 4.78 is 23.5. The van der Waals surface area contributed by atoms with Crippen LogP contribution in [0.3, 0.4) is 0 Å². The van der Waals surface area contributed by atoms with Gasteiger partial charge in [0.1, 0.15) is 5.82 Å². The number of hydrogen-bond acceptors (Lipinski definition) is 3. The van der Waals surface area contributed by atoms with Crippen molar-refractivity contribution in [1.29, 1.82) is 0 Å². The molecule has 0 aliphatic heterocycles. The van der Waals surface area contributed by atoms with Crippen molar-refractivity contribution in [2.24, 2.45) is 0 Å². The van der Waals surface area contributed by atoms with Crippen LogP contribution in [0.15, 0.2) is 48.5 Å². The van der Waals surface area contributed by atoms with E-state index in [-0.39, 0.29) is 24.8 Å². The van der Waals surface area contributed by atoms with Crippen LogP contribution in [0.2, 0.25) is 0 Å². The van der Waals surface area contributed by atoms with Crippen molar-refractivity contribution in [1.82, 2.24) is 5.32 Å². The minimum absolute atomic E-state index is 0.126. The molecule has 4 nitrogen and oxygen atoms in total. The van der Waals surface area contributed by atoms with Gasteiger partial charge in [0.05, 0.1) is 20.1 Å². The summed E-state index contributed by atoms with van der Waals surface area (Å²) in [6, 6.07) is 13.3. The van der Waals surface area contributed by atoms with Crippen LogP contribution < -0.4 is 14.8 Å². The van der Waals surface area contributed by atoms with Gasteiger partial charge < -0.3 is 14.8 Å². The highest BCUT2D eigenvalue weighted by Crippen LogP contribution is 2.25.